The van der Waals surface area contributed by atoms with Crippen LogP contribution in [0.5, 0.6) is 0 Å². The number of hydrogen-bond donors (Lipinski definition) is 1. The molecular weight excluding hydrogens is 376 g/mol. The zero-order valence-electron chi connectivity index (χ0n) is 18.2. The summed E-state index contributed by atoms with van der Waals surface area (Å²) in [6.07, 6.45) is 2.03. The summed E-state index contributed by atoms with van der Waals surface area (Å²) in [4.78, 5) is 26.4. The smallest absolute Gasteiger partial charge is 0.410 e. The largest absolute Gasteiger partial charge is 0.444 e. The number of hydrogen-bond acceptors (Lipinski definition) is 3. The molecule has 2 aromatic carbocycles. The molecule has 3 rings (SSSR count). The highest BCUT2D eigenvalue weighted by Gasteiger charge is 2.27. The Kier molecular flexibility index (Phi) is 7.14. The van der Waals surface area contributed by atoms with Crippen LogP contribution in [0.4, 0.5) is 4.79 Å². The topological polar surface area (TPSA) is 58.6 Å². The fourth-order valence-electron chi connectivity index (χ4n) is 3.68. The zero-order chi connectivity index (χ0) is 21.6. The van der Waals surface area contributed by atoms with E-state index in [4.69, 9.17) is 4.74 Å². The number of rotatable bonds is 5. The van der Waals surface area contributed by atoms with Gasteiger partial charge < -0.3 is 15.0 Å². The second-order valence-electron chi connectivity index (χ2n) is 8.98. The molecule has 160 valence electrons. The lowest BCUT2D eigenvalue weighted by Gasteiger charge is -2.34. The number of likely N-dealkylation sites (tertiary alicyclic amines) is 1. The molecule has 1 N–H and O–H groups in total. The van der Waals surface area contributed by atoms with Crippen LogP contribution in [0.15, 0.2) is 54.6 Å². The average Bonchev–Trinajstić information content (AvgIpc) is 2.72. The minimum absolute atomic E-state index is 0.0110. The maximum atomic E-state index is 12.4. The van der Waals surface area contributed by atoms with Crippen molar-refractivity contribution in [2.45, 2.75) is 45.6 Å². The van der Waals surface area contributed by atoms with Crippen LogP contribution in [-0.4, -0.2) is 42.1 Å². The van der Waals surface area contributed by atoms with Gasteiger partial charge in [0.05, 0.1) is 6.42 Å². The highest BCUT2D eigenvalue weighted by Crippen LogP contribution is 2.20. The van der Waals surface area contributed by atoms with Gasteiger partial charge in [0.2, 0.25) is 5.91 Å². The van der Waals surface area contributed by atoms with Gasteiger partial charge in [-0.25, -0.2) is 4.79 Å². The zero-order valence-corrected chi connectivity index (χ0v) is 18.2. The summed E-state index contributed by atoms with van der Waals surface area (Å²) in [5.41, 5.74) is 2.81. The van der Waals surface area contributed by atoms with E-state index in [1.807, 2.05) is 51.1 Å². The molecule has 2 aromatic rings. The molecular formula is C25H32N2O3. The maximum absolute atomic E-state index is 12.4. The van der Waals surface area contributed by atoms with Crippen molar-refractivity contribution in [2.24, 2.45) is 5.92 Å². The third-order valence-corrected chi connectivity index (χ3v) is 5.18. The van der Waals surface area contributed by atoms with Gasteiger partial charge >= 0.3 is 6.09 Å². The first-order chi connectivity index (χ1) is 14.3. The molecule has 1 unspecified atom stereocenters. The van der Waals surface area contributed by atoms with Crippen LogP contribution in [0.1, 0.15) is 39.2 Å². The lowest BCUT2D eigenvalue weighted by atomic mass is 9.98. The molecule has 0 radical (unpaired) electrons. The Hall–Kier alpha value is -2.82. The highest BCUT2D eigenvalue weighted by molar-refractivity contribution is 5.79. The lowest BCUT2D eigenvalue weighted by molar-refractivity contribution is -0.120. The summed E-state index contributed by atoms with van der Waals surface area (Å²) in [5, 5.41) is 3.04. The van der Waals surface area contributed by atoms with E-state index in [1.165, 1.54) is 5.56 Å². The molecule has 0 saturated carbocycles. The number of carbonyl (C=O) groups excluding carboxylic acids is 2. The predicted molar refractivity (Wildman–Crippen MR) is 119 cm³/mol. The van der Waals surface area contributed by atoms with Gasteiger partial charge in [0, 0.05) is 19.6 Å². The lowest BCUT2D eigenvalue weighted by Crippen LogP contribution is -2.45. The molecule has 0 bridgehead atoms. The Morgan fingerprint density at radius 1 is 1.03 bits per heavy atom. The van der Waals surface area contributed by atoms with Gasteiger partial charge in [0.1, 0.15) is 5.60 Å². The van der Waals surface area contributed by atoms with Gasteiger partial charge in [0.15, 0.2) is 0 Å². The summed E-state index contributed by atoms with van der Waals surface area (Å²) in [6, 6.07) is 18.3. The quantitative estimate of drug-likeness (QED) is 0.783. The van der Waals surface area contributed by atoms with Gasteiger partial charge in [-0.1, -0.05) is 54.6 Å². The number of benzene rings is 2. The SMILES string of the molecule is CC(C)(C)OC(=O)N1CCCC(CNC(=O)Cc2ccc(-c3ccccc3)cc2)C1. The van der Waals surface area contributed by atoms with Crippen molar-refractivity contribution in [1.29, 1.82) is 0 Å². The number of nitrogens with zero attached hydrogens (tertiary/aromatic N) is 1. The van der Waals surface area contributed by atoms with Gasteiger partial charge in [-0.3, -0.25) is 4.79 Å². The van der Waals surface area contributed by atoms with Crippen molar-refractivity contribution < 1.29 is 14.3 Å². The molecule has 0 aromatic heterocycles. The molecule has 5 nitrogen and oxygen atoms in total. The Balaban J connectivity index is 1.45. The van der Waals surface area contributed by atoms with Crippen molar-refractivity contribution in [3.63, 3.8) is 0 Å². The summed E-state index contributed by atoms with van der Waals surface area (Å²) in [7, 11) is 0. The monoisotopic (exact) mass is 408 g/mol. The first-order valence-corrected chi connectivity index (χ1v) is 10.7. The molecule has 1 aliphatic rings. The van der Waals surface area contributed by atoms with E-state index >= 15 is 0 Å². The van der Waals surface area contributed by atoms with Gasteiger partial charge in [-0.05, 0) is 56.2 Å². The fraction of sp³-hybridized carbons (Fsp3) is 0.440. The molecule has 1 saturated heterocycles. The van der Waals surface area contributed by atoms with Crippen molar-refractivity contribution >= 4 is 12.0 Å². The fourth-order valence-corrected chi connectivity index (χ4v) is 3.68. The van der Waals surface area contributed by atoms with Crippen molar-refractivity contribution in [1.82, 2.24) is 10.2 Å². The summed E-state index contributed by atoms with van der Waals surface area (Å²) in [6.45, 7) is 7.55. The van der Waals surface area contributed by atoms with Crippen LogP contribution in [0.2, 0.25) is 0 Å². The summed E-state index contributed by atoms with van der Waals surface area (Å²) >= 11 is 0. The standard InChI is InChI=1S/C25H32N2O3/c1-25(2,3)30-24(29)27-15-7-8-20(18-27)17-26-23(28)16-19-11-13-22(14-12-19)21-9-5-4-6-10-21/h4-6,9-14,20H,7-8,15-18H2,1-3H3,(H,26,28). The Morgan fingerprint density at radius 2 is 1.70 bits per heavy atom. The summed E-state index contributed by atoms with van der Waals surface area (Å²) < 4.78 is 5.47. The minimum atomic E-state index is -0.492. The first kappa shape index (κ1) is 21.9. The maximum Gasteiger partial charge on any atom is 0.410 e. The number of amides is 2. The van der Waals surface area contributed by atoms with Gasteiger partial charge in [0.25, 0.3) is 0 Å². The molecule has 30 heavy (non-hydrogen) atoms. The van der Waals surface area contributed by atoms with Crippen molar-refractivity contribution in [3.8, 4) is 11.1 Å². The third kappa shape index (κ3) is 6.61. The minimum Gasteiger partial charge on any atom is -0.444 e. The van der Waals surface area contributed by atoms with E-state index in [2.05, 4.69) is 29.6 Å². The molecule has 0 spiro atoms. The van der Waals surface area contributed by atoms with Crippen LogP contribution < -0.4 is 5.32 Å². The second-order valence-corrected chi connectivity index (χ2v) is 8.98. The van der Waals surface area contributed by atoms with Crippen molar-refractivity contribution in [3.05, 3.63) is 60.2 Å². The average molecular weight is 409 g/mol. The molecule has 5 heteroatoms. The van der Waals surface area contributed by atoms with Crippen LogP contribution in [0, 0.1) is 5.92 Å². The molecule has 2 amide bonds. The molecule has 1 fully saturated rings. The molecule has 0 aliphatic carbocycles. The van der Waals surface area contributed by atoms with E-state index < -0.39 is 5.60 Å². The van der Waals surface area contributed by atoms with E-state index in [1.54, 1.807) is 4.90 Å². The van der Waals surface area contributed by atoms with Crippen LogP contribution in [-0.2, 0) is 16.0 Å². The van der Waals surface area contributed by atoms with Crippen molar-refractivity contribution in [2.75, 3.05) is 19.6 Å². The molecule has 1 heterocycles. The molecule has 1 atom stereocenters. The second kappa shape index (κ2) is 9.79. The number of ether oxygens (including phenoxy) is 1. The van der Waals surface area contributed by atoms with Gasteiger partial charge in [-0.15, -0.1) is 0 Å². The van der Waals surface area contributed by atoms with E-state index in [-0.39, 0.29) is 17.9 Å². The number of piperidine rings is 1. The third-order valence-electron chi connectivity index (χ3n) is 5.18. The van der Waals surface area contributed by atoms with Crippen LogP contribution in [0.25, 0.3) is 11.1 Å². The Morgan fingerprint density at radius 3 is 2.37 bits per heavy atom. The Labute approximate surface area is 179 Å². The van der Waals surface area contributed by atoms with E-state index in [9.17, 15) is 9.59 Å². The first-order valence-electron chi connectivity index (χ1n) is 10.7. The van der Waals surface area contributed by atoms with E-state index in [0.717, 1.165) is 24.0 Å². The number of nitrogens with one attached hydrogen (secondary N) is 1. The summed E-state index contributed by atoms with van der Waals surface area (Å²) in [5.74, 6) is 0.271. The van der Waals surface area contributed by atoms with Gasteiger partial charge in [-0.2, -0.15) is 0 Å². The van der Waals surface area contributed by atoms with Crippen LogP contribution >= 0.6 is 0 Å². The Bertz CT molecular complexity index is 841. The predicted octanol–water partition coefficient (Wildman–Crippen LogP) is 4.66. The molecule has 1 aliphatic heterocycles. The highest BCUT2D eigenvalue weighted by atomic mass is 16.6. The number of carbonyl (C=O) groups is 2. The van der Waals surface area contributed by atoms with Crippen LogP contribution in [0.3, 0.4) is 0 Å². The normalized spacial score (nSPS) is 16.8. The van der Waals surface area contributed by atoms with E-state index in [0.29, 0.717) is 26.1 Å².